The Hall–Kier alpha value is -5.70. The van der Waals surface area contributed by atoms with Crippen molar-refractivity contribution < 1.29 is 4.42 Å². The second-order valence-electron chi connectivity index (χ2n) is 18.8. The first-order chi connectivity index (χ1) is 31.4. The number of para-hydroxylation sites is 1. The Bertz CT molecular complexity index is 3280. The highest BCUT2D eigenvalue weighted by Crippen LogP contribution is 2.43. The number of fused-ring (bicyclic) bond motifs is 8. The smallest absolute Gasteiger partial charge is 0.136 e. The van der Waals surface area contributed by atoms with Gasteiger partial charge in [0.2, 0.25) is 0 Å². The minimum absolute atomic E-state index is 0.948. The van der Waals surface area contributed by atoms with Crippen LogP contribution in [0.3, 0.4) is 0 Å². The van der Waals surface area contributed by atoms with Gasteiger partial charge in [-0.15, -0.1) is 11.3 Å². The monoisotopic (exact) mass is 854 g/mol. The minimum atomic E-state index is 0.948. The van der Waals surface area contributed by atoms with Crippen LogP contribution >= 0.6 is 11.3 Å². The van der Waals surface area contributed by atoms with Crippen LogP contribution in [0.5, 0.6) is 0 Å². The molecule has 0 saturated heterocycles. The number of unbranched alkanes of at least 4 members (excludes halogenated alkanes) is 10. The largest absolute Gasteiger partial charge is 0.456 e. The lowest BCUT2D eigenvalue weighted by atomic mass is 9.86. The topological polar surface area (TPSA) is 13.1 Å². The normalized spacial score (nSPS) is 12.0. The van der Waals surface area contributed by atoms with Gasteiger partial charge >= 0.3 is 0 Å². The van der Waals surface area contributed by atoms with E-state index in [1.807, 2.05) is 11.3 Å². The molecule has 0 radical (unpaired) electrons. The van der Waals surface area contributed by atoms with E-state index in [4.69, 9.17) is 4.42 Å². The van der Waals surface area contributed by atoms with Crippen LogP contribution in [0.2, 0.25) is 0 Å². The molecular weight excluding hydrogens is 793 g/mol. The Balaban J connectivity index is 1.11. The van der Waals surface area contributed by atoms with E-state index in [9.17, 15) is 0 Å². The molecule has 0 unspecified atom stereocenters. The van der Waals surface area contributed by atoms with Crippen molar-refractivity contribution in [3.63, 3.8) is 0 Å². The first-order valence-electron chi connectivity index (χ1n) is 24.4. The summed E-state index contributed by atoms with van der Waals surface area (Å²) < 4.78 is 8.91. The standard InChI is InChI=1S/C62H62OS/c1-5-7-9-11-13-15-19-43-37-55(48(30-42(43)4)20-16-14-12-10-8-6-2)53-35-51(46-26-25-45-31-49-29-41(3)23-24-44(49)32-50(45)33-46)34-52(36-53)47-27-28-61-57(38-47)58-39-56-54-21-17-18-22-59(54)63-60(56)40-62(58)64-61/h17-18,21-40H,5-16,19-20H2,1-4H3. The van der Waals surface area contributed by atoms with Gasteiger partial charge in [0.05, 0.1) is 0 Å². The molecule has 0 bridgehead atoms. The van der Waals surface area contributed by atoms with Gasteiger partial charge in [-0.05, 0) is 178 Å². The molecule has 0 atom stereocenters. The molecule has 64 heavy (non-hydrogen) atoms. The third-order valence-corrected chi connectivity index (χ3v) is 15.1. The fraction of sp³-hybridized carbons (Fsp3) is 0.290. The molecule has 2 aromatic heterocycles. The molecule has 1 nitrogen and oxygen atoms in total. The Morgan fingerprint density at radius 2 is 1.02 bits per heavy atom. The van der Waals surface area contributed by atoms with E-state index in [1.165, 1.54) is 185 Å². The number of furan rings is 1. The van der Waals surface area contributed by atoms with Gasteiger partial charge in [-0.1, -0.05) is 150 Å². The van der Waals surface area contributed by atoms with Crippen molar-refractivity contribution >= 4 is 75.0 Å². The summed E-state index contributed by atoms with van der Waals surface area (Å²) in [5.41, 5.74) is 15.5. The summed E-state index contributed by atoms with van der Waals surface area (Å²) in [6.45, 7) is 9.16. The highest BCUT2D eigenvalue weighted by molar-refractivity contribution is 7.25. The van der Waals surface area contributed by atoms with Crippen molar-refractivity contribution in [2.24, 2.45) is 0 Å². The zero-order valence-corrected chi connectivity index (χ0v) is 39.2. The van der Waals surface area contributed by atoms with Gasteiger partial charge in [0.25, 0.3) is 0 Å². The van der Waals surface area contributed by atoms with Gasteiger partial charge in [-0.3, -0.25) is 0 Å². The van der Waals surface area contributed by atoms with Crippen LogP contribution in [0, 0.1) is 13.8 Å². The number of rotatable bonds is 17. The summed E-state index contributed by atoms with van der Waals surface area (Å²) in [6, 6.07) is 51.4. The summed E-state index contributed by atoms with van der Waals surface area (Å²) in [5, 5.41) is 10.1. The van der Waals surface area contributed by atoms with Crippen molar-refractivity contribution in [3.05, 3.63) is 156 Å². The molecule has 0 aliphatic rings. The predicted octanol–water partition coefficient (Wildman–Crippen LogP) is 19.7. The van der Waals surface area contributed by atoms with E-state index in [0.29, 0.717) is 0 Å². The fourth-order valence-electron chi connectivity index (χ4n) is 10.3. The van der Waals surface area contributed by atoms with Crippen LogP contribution in [-0.2, 0) is 12.8 Å². The maximum Gasteiger partial charge on any atom is 0.136 e. The molecule has 2 heteroatoms. The first kappa shape index (κ1) is 42.3. The highest BCUT2D eigenvalue weighted by Gasteiger charge is 2.17. The molecule has 0 saturated carbocycles. The van der Waals surface area contributed by atoms with E-state index >= 15 is 0 Å². The molecule has 0 spiro atoms. The van der Waals surface area contributed by atoms with Gasteiger partial charge < -0.3 is 4.42 Å². The fourth-order valence-corrected chi connectivity index (χ4v) is 11.4. The van der Waals surface area contributed by atoms with E-state index < -0.39 is 0 Å². The lowest BCUT2D eigenvalue weighted by molar-refractivity contribution is 0.605. The van der Waals surface area contributed by atoms with Crippen molar-refractivity contribution in [1.29, 1.82) is 0 Å². The number of benzene rings is 8. The summed E-state index contributed by atoms with van der Waals surface area (Å²) in [4.78, 5) is 0. The van der Waals surface area contributed by atoms with Crippen molar-refractivity contribution in [2.45, 2.75) is 118 Å². The van der Waals surface area contributed by atoms with Crippen LogP contribution < -0.4 is 0 Å². The number of hydrogen-bond donors (Lipinski definition) is 0. The summed E-state index contributed by atoms with van der Waals surface area (Å²) in [7, 11) is 0. The molecule has 0 amide bonds. The molecule has 10 aromatic rings. The SMILES string of the molecule is CCCCCCCCc1cc(-c2cc(-c3ccc4cc5cc(C)ccc5cc4c3)cc(-c3ccc4sc5cc6oc7ccccc7c6cc5c4c3)c2)c(CCCCCCCC)cc1C. The number of thiophene rings is 1. The molecule has 0 aliphatic carbocycles. The van der Waals surface area contributed by atoms with Crippen LogP contribution in [-0.4, -0.2) is 0 Å². The average molecular weight is 855 g/mol. The van der Waals surface area contributed by atoms with Crippen LogP contribution in [0.15, 0.2) is 138 Å². The van der Waals surface area contributed by atoms with Crippen LogP contribution in [0.1, 0.15) is 113 Å². The first-order valence-corrected chi connectivity index (χ1v) is 25.2. The third-order valence-electron chi connectivity index (χ3n) is 14.0. The van der Waals surface area contributed by atoms with Crippen molar-refractivity contribution in [3.8, 4) is 33.4 Å². The number of aryl methyl sites for hydroxylation is 4. The molecule has 0 N–H and O–H groups in total. The Kier molecular flexibility index (Phi) is 12.4. The Morgan fingerprint density at radius 1 is 0.391 bits per heavy atom. The predicted molar refractivity (Wildman–Crippen MR) is 282 cm³/mol. The van der Waals surface area contributed by atoms with Gasteiger partial charge in [0.1, 0.15) is 11.2 Å². The molecule has 0 fully saturated rings. The van der Waals surface area contributed by atoms with E-state index in [1.54, 1.807) is 0 Å². The van der Waals surface area contributed by atoms with Crippen LogP contribution in [0.25, 0.3) is 97.0 Å². The summed E-state index contributed by atoms with van der Waals surface area (Å²) >= 11 is 1.86. The summed E-state index contributed by atoms with van der Waals surface area (Å²) in [6.07, 6.45) is 18.0. The lowest BCUT2D eigenvalue weighted by Crippen LogP contribution is -1.99. The maximum absolute atomic E-state index is 6.33. The van der Waals surface area contributed by atoms with Crippen molar-refractivity contribution in [2.75, 3.05) is 0 Å². The summed E-state index contributed by atoms with van der Waals surface area (Å²) in [5.74, 6) is 0. The molecule has 10 rings (SSSR count). The second kappa shape index (κ2) is 18.8. The second-order valence-corrected chi connectivity index (χ2v) is 19.9. The highest BCUT2D eigenvalue weighted by atomic mass is 32.1. The lowest BCUT2D eigenvalue weighted by Gasteiger charge is -2.18. The van der Waals surface area contributed by atoms with Gasteiger partial charge in [-0.2, -0.15) is 0 Å². The molecule has 2 heterocycles. The van der Waals surface area contributed by atoms with Gasteiger partial charge in [0.15, 0.2) is 0 Å². The quantitative estimate of drug-likeness (QED) is 0.0657. The zero-order valence-electron chi connectivity index (χ0n) is 38.4. The van der Waals surface area contributed by atoms with Crippen molar-refractivity contribution in [1.82, 2.24) is 0 Å². The third kappa shape index (κ3) is 8.75. The maximum atomic E-state index is 6.33. The molecular formula is C62H62OS. The van der Waals surface area contributed by atoms with E-state index in [-0.39, 0.29) is 0 Å². The van der Waals surface area contributed by atoms with E-state index in [2.05, 4.69) is 161 Å². The Morgan fingerprint density at radius 3 is 1.78 bits per heavy atom. The number of hydrogen-bond acceptors (Lipinski definition) is 2. The molecule has 322 valence electrons. The van der Waals surface area contributed by atoms with Crippen LogP contribution in [0.4, 0.5) is 0 Å². The minimum Gasteiger partial charge on any atom is -0.456 e. The molecule has 0 aliphatic heterocycles. The van der Waals surface area contributed by atoms with E-state index in [0.717, 1.165) is 24.0 Å². The molecule has 8 aromatic carbocycles. The average Bonchev–Trinajstić information content (AvgIpc) is 3.86. The van der Waals surface area contributed by atoms with Gasteiger partial charge in [-0.25, -0.2) is 0 Å². The van der Waals surface area contributed by atoms with Gasteiger partial charge in [0, 0.05) is 30.9 Å². The Labute approximate surface area is 384 Å². The zero-order chi connectivity index (χ0) is 43.6.